The highest BCUT2D eigenvalue weighted by molar-refractivity contribution is 7.86. The van der Waals surface area contributed by atoms with Crippen molar-refractivity contribution in [3.63, 3.8) is 0 Å². The average Bonchev–Trinajstić information content (AvgIpc) is 2.68. The molecule has 0 amide bonds. The molecule has 29 heavy (non-hydrogen) atoms. The van der Waals surface area contributed by atoms with E-state index in [4.69, 9.17) is 4.74 Å². The molecule has 0 unspecified atom stereocenters. The van der Waals surface area contributed by atoms with Gasteiger partial charge in [-0.1, -0.05) is 82.6 Å². The third-order valence-electron chi connectivity index (χ3n) is 4.96. The number of phenolic OH excluding ortho intramolecular Hbond substituents is 1. The molecule has 0 saturated carbocycles. The van der Waals surface area contributed by atoms with Crippen LogP contribution < -0.4 is 4.74 Å². The van der Waals surface area contributed by atoms with Crippen LogP contribution in [0, 0.1) is 0 Å². The Morgan fingerprint density at radius 3 is 2.10 bits per heavy atom. The molecule has 6 heteroatoms. The minimum atomic E-state index is -4.42. The molecule has 5 nitrogen and oxygen atoms in total. The van der Waals surface area contributed by atoms with Gasteiger partial charge < -0.3 is 9.84 Å². The summed E-state index contributed by atoms with van der Waals surface area (Å²) in [6, 6.07) is 11.0. The number of ether oxygens (including phenoxy) is 1. The molecule has 0 aliphatic heterocycles. The molecule has 2 N–H and O–H groups in total. The van der Waals surface area contributed by atoms with E-state index in [-0.39, 0.29) is 22.1 Å². The van der Waals surface area contributed by atoms with Crippen LogP contribution in [0.15, 0.2) is 47.4 Å². The Hall–Kier alpha value is -2.05. The van der Waals surface area contributed by atoms with Crippen LogP contribution in [0.3, 0.4) is 0 Å². The molecular formula is C23H32O5S. The Labute approximate surface area is 174 Å². The lowest BCUT2D eigenvalue weighted by Gasteiger charge is -2.14. The Morgan fingerprint density at radius 1 is 0.828 bits per heavy atom. The van der Waals surface area contributed by atoms with Crippen molar-refractivity contribution in [1.82, 2.24) is 0 Å². The molecule has 0 radical (unpaired) electrons. The summed E-state index contributed by atoms with van der Waals surface area (Å²) in [6.07, 6.45) is 11.7. The lowest BCUT2D eigenvalue weighted by atomic mass is 10.0. The van der Waals surface area contributed by atoms with Crippen molar-refractivity contribution < 1.29 is 22.8 Å². The van der Waals surface area contributed by atoms with E-state index in [0.717, 1.165) is 24.8 Å². The molecule has 160 valence electrons. The number of phenols is 1. The maximum Gasteiger partial charge on any atom is 0.298 e. The maximum absolute atomic E-state index is 11.6. The molecule has 0 aliphatic rings. The van der Waals surface area contributed by atoms with Crippen LogP contribution in [0.5, 0.6) is 17.2 Å². The Bertz CT molecular complexity index is 861. The van der Waals surface area contributed by atoms with Gasteiger partial charge in [0.15, 0.2) is 11.5 Å². The molecule has 2 aromatic carbocycles. The van der Waals surface area contributed by atoms with Gasteiger partial charge in [-0.3, -0.25) is 4.55 Å². The van der Waals surface area contributed by atoms with Gasteiger partial charge in [-0.05, 0) is 36.6 Å². The highest BCUT2D eigenvalue weighted by Crippen LogP contribution is 2.37. The first kappa shape index (κ1) is 23.2. The number of benzene rings is 2. The van der Waals surface area contributed by atoms with Crippen LogP contribution in [-0.4, -0.2) is 18.1 Å². The second-order valence-corrected chi connectivity index (χ2v) is 8.76. The average molecular weight is 421 g/mol. The second-order valence-electron chi connectivity index (χ2n) is 7.37. The van der Waals surface area contributed by atoms with E-state index in [0.29, 0.717) is 0 Å². The van der Waals surface area contributed by atoms with E-state index in [9.17, 15) is 18.1 Å². The van der Waals surface area contributed by atoms with Crippen molar-refractivity contribution in [2.45, 2.75) is 76.0 Å². The Balaban J connectivity index is 1.95. The van der Waals surface area contributed by atoms with Crippen LogP contribution >= 0.6 is 0 Å². The van der Waals surface area contributed by atoms with E-state index in [1.54, 1.807) is 12.1 Å². The molecular weight excluding hydrogens is 388 g/mol. The second kappa shape index (κ2) is 11.8. The Morgan fingerprint density at radius 2 is 1.45 bits per heavy atom. The van der Waals surface area contributed by atoms with Crippen molar-refractivity contribution in [3.8, 4) is 17.2 Å². The van der Waals surface area contributed by atoms with Gasteiger partial charge in [0.05, 0.1) is 0 Å². The molecule has 0 fully saturated rings. The molecule has 0 bridgehead atoms. The van der Waals surface area contributed by atoms with Crippen LogP contribution in [-0.2, 0) is 16.5 Å². The molecule has 2 rings (SSSR count). The summed E-state index contributed by atoms with van der Waals surface area (Å²) in [4.78, 5) is -0.322. The summed E-state index contributed by atoms with van der Waals surface area (Å²) in [6.45, 7) is 2.22. The van der Waals surface area contributed by atoms with Gasteiger partial charge >= 0.3 is 0 Å². The van der Waals surface area contributed by atoms with Crippen LogP contribution in [0.25, 0.3) is 0 Å². The third-order valence-corrected chi connectivity index (χ3v) is 5.86. The van der Waals surface area contributed by atoms with Gasteiger partial charge in [-0.25, -0.2) is 0 Å². The fourth-order valence-electron chi connectivity index (χ4n) is 3.37. The smallest absolute Gasteiger partial charge is 0.298 e. The molecule has 0 atom stereocenters. The summed E-state index contributed by atoms with van der Waals surface area (Å²) in [7, 11) is -4.42. The van der Waals surface area contributed by atoms with Gasteiger partial charge in [0.1, 0.15) is 10.6 Å². The number of rotatable bonds is 13. The SMILES string of the molecule is CCCCCCCCCCCc1cccc(O)c1Oc1ccccc1S(=O)(=O)O. The maximum atomic E-state index is 11.6. The third kappa shape index (κ3) is 7.71. The number of aromatic hydroxyl groups is 1. The molecule has 2 aromatic rings. The van der Waals surface area contributed by atoms with Gasteiger partial charge in [0.25, 0.3) is 10.1 Å². The summed E-state index contributed by atoms with van der Waals surface area (Å²) in [5, 5.41) is 10.3. The Kier molecular flexibility index (Phi) is 9.48. The minimum absolute atomic E-state index is 0.00942. The molecule has 0 spiro atoms. The van der Waals surface area contributed by atoms with Gasteiger partial charge in [0, 0.05) is 0 Å². The molecule has 0 aliphatic carbocycles. The molecule has 0 saturated heterocycles. The van der Waals surface area contributed by atoms with Crippen LogP contribution in [0.2, 0.25) is 0 Å². The monoisotopic (exact) mass is 420 g/mol. The summed E-state index contributed by atoms with van der Waals surface area (Å²) in [5.41, 5.74) is 0.818. The van der Waals surface area contributed by atoms with E-state index in [1.807, 2.05) is 6.07 Å². The first-order chi connectivity index (χ1) is 13.9. The summed E-state index contributed by atoms with van der Waals surface area (Å²) in [5.74, 6) is 0.177. The fourth-order valence-corrected chi connectivity index (χ4v) is 3.98. The normalized spacial score (nSPS) is 11.5. The van der Waals surface area contributed by atoms with Crippen molar-refractivity contribution in [1.29, 1.82) is 0 Å². The number of para-hydroxylation sites is 2. The van der Waals surface area contributed by atoms with Crippen LogP contribution in [0.4, 0.5) is 0 Å². The highest BCUT2D eigenvalue weighted by atomic mass is 32.2. The zero-order valence-corrected chi connectivity index (χ0v) is 18.0. The van der Waals surface area contributed by atoms with Gasteiger partial charge in [-0.2, -0.15) is 8.42 Å². The van der Waals surface area contributed by atoms with Gasteiger partial charge in [-0.15, -0.1) is 0 Å². The fraction of sp³-hybridized carbons (Fsp3) is 0.478. The van der Waals surface area contributed by atoms with Crippen molar-refractivity contribution >= 4 is 10.1 Å². The summed E-state index contributed by atoms with van der Waals surface area (Å²) < 4.78 is 38.3. The predicted octanol–water partition coefficient (Wildman–Crippen LogP) is 6.50. The molecule has 0 aromatic heterocycles. The number of aryl methyl sites for hydroxylation is 1. The first-order valence-corrected chi connectivity index (χ1v) is 11.9. The zero-order chi connectivity index (χ0) is 21.1. The summed E-state index contributed by atoms with van der Waals surface area (Å²) >= 11 is 0. The van der Waals surface area contributed by atoms with Gasteiger partial charge in [0.2, 0.25) is 0 Å². The first-order valence-electron chi connectivity index (χ1n) is 10.5. The van der Waals surface area contributed by atoms with Crippen molar-refractivity contribution in [3.05, 3.63) is 48.0 Å². The number of hydrogen-bond donors (Lipinski definition) is 2. The number of unbranched alkanes of at least 4 members (excludes halogenated alkanes) is 8. The van der Waals surface area contributed by atoms with Crippen molar-refractivity contribution in [2.75, 3.05) is 0 Å². The lowest BCUT2D eigenvalue weighted by Crippen LogP contribution is -2.02. The highest BCUT2D eigenvalue weighted by Gasteiger charge is 2.19. The topological polar surface area (TPSA) is 83.8 Å². The quantitative estimate of drug-likeness (QED) is 0.285. The largest absolute Gasteiger partial charge is 0.504 e. The van der Waals surface area contributed by atoms with E-state index in [2.05, 4.69) is 6.92 Å². The lowest BCUT2D eigenvalue weighted by molar-refractivity contribution is 0.397. The van der Waals surface area contributed by atoms with E-state index in [1.165, 1.54) is 69.2 Å². The van der Waals surface area contributed by atoms with E-state index >= 15 is 0 Å². The molecule has 0 heterocycles. The zero-order valence-electron chi connectivity index (χ0n) is 17.1. The predicted molar refractivity (Wildman–Crippen MR) is 115 cm³/mol. The standard InChI is InChI=1S/C23H32O5S/c1-2-3-4-5-6-7-8-9-10-14-19-15-13-16-20(24)23(19)28-21-17-11-12-18-22(21)29(25,26)27/h11-13,15-18,24H,2-10,14H2,1H3,(H,25,26,27). The number of hydrogen-bond acceptors (Lipinski definition) is 4. The van der Waals surface area contributed by atoms with Crippen LogP contribution in [0.1, 0.15) is 70.3 Å². The minimum Gasteiger partial charge on any atom is -0.504 e. The van der Waals surface area contributed by atoms with Crippen molar-refractivity contribution in [2.24, 2.45) is 0 Å². The van der Waals surface area contributed by atoms with E-state index < -0.39 is 10.1 Å².